The summed E-state index contributed by atoms with van der Waals surface area (Å²) in [6.07, 6.45) is 0. The van der Waals surface area contributed by atoms with E-state index in [4.69, 9.17) is 0 Å². The molecule has 0 atom stereocenters. The Morgan fingerprint density at radius 3 is 1.46 bits per heavy atom. The zero-order valence-electron chi connectivity index (χ0n) is 20.4. The van der Waals surface area contributed by atoms with E-state index < -0.39 is 0 Å². The Bertz CT molecular complexity index is 1830. The van der Waals surface area contributed by atoms with Crippen molar-refractivity contribution >= 4 is 49.4 Å². The van der Waals surface area contributed by atoms with Crippen LogP contribution in [0, 0.1) is 0 Å². The van der Waals surface area contributed by atoms with Crippen molar-refractivity contribution in [1.29, 1.82) is 0 Å². The number of para-hydroxylation sites is 2. The summed E-state index contributed by atoms with van der Waals surface area (Å²) in [4.78, 5) is 2.35. The van der Waals surface area contributed by atoms with Gasteiger partial charge in [0, 0.05) is 16.8 Å². The SMILES string of the molecule is c1ccc(N(c2ccccc2)c2ccc(-c3cc4ccccc4c4ccccc34)c3ccccc23)cc1. The molecular formula is C36H25N. The Kier molecular flexibility index (Phi) is 5.19. The molecular weight excluding hydrogens is 446 g/mol. The Balaban J connectivity index is 1.52. The number of fused-ring (bicyclic) bond motifs is 4. The van der Waals surface area contributed by atoms with E-state index in [-0.39, 0.29) is 0 Å². The van der Waals surface area contributed by atoms with Crippen molar-refractivity contribution < 1.29 is 0 Å². The third kappa shape index (κ3) is 3.64. The lowest BCUT2D eigenvalue weighted by Crippen LogP contribution is -2.10. The van der Waals surface area contributed by atoms with Gasteiger partial charge in [0.1, 0.15) is 0 Å². The van der Waals surface area contributed by atoms with Crippen LogP contribution >= 0.6 is 0 Å². The molecule has 0 radical (unpaired) electrons. The highest BCUT2D eigenvalue weighted by molar-refractivity contribution is 6.17. The maximum absolute atomic E-state index is 2.35. The van der Waals surface area contributed by atoms with Gasteiger partial charge in [-0.15, -0.1) is 0 Å². The number of rotatable bonds is 4. The lowest BCUT2D eigenvalue weighted by Gasteiger charge is -2.27. The van der Waals surface area contributed by atoms with Gasteiger partial charge in [0.25, 0.3) is 0 Å². The molecule has 0 unspecified atom stereocenters. The van der Waals surface area contributed by atoms with Crippen molar-refractivity contribution in [2.24, 2.45) is 0 Å². The molecule has 0 saturated heterocycles. The van der Waals surface area contributed by atoms with Crippen molar-refractivity contribution in [2.75, 3.05) is 4.90 Å². The molecule has 0 amide bonds. The second-order valence-electron chi connectivity index (χ2n) is 9.38. The molecule has 0 heterocycles. The minimum Gasteiger partial charge on any atom is -0.310 e. The van der Waals surface area contributed by atoms with E-state index in [1.807, 2.05) is 0 Å². The van der Waals surface area contributed by atoms with Crippen molar-refractivity contribution in [2.45, 2.75) is 0 Å². The van der Waals surface area contributed by atoms with Gasteiger partial charge in [-0.2, -0.15) is 0 Å². The summed E-state index contributed by atoms with van der Waals surface area (Å²) in [6.45, 7) is 0. The largest absolute Gasteiger partial charge is 0.310 e. The summed E-state index contributed by atoms with van der Waals surface area (Å²) in [5.41, 5.74) is 5.97. The van der Waals surface area contributed by atoms with Crippen molar-refractivity contribution in [1.82, 2.24) is 0 Å². The summed E-state index contributed by atoms with van der Waals surface area (Å²) in [7, 11) is 0. The van der Waals surface area contributed by atoms with Crippen molar-refractivity contribution in [3.05, 3.63) is 152 Å². The molecule has 0 N–H and O–H groups in total. The average Bonchev–Trinajstić information content (AvgIpc) is 2.98. The highest BCUT2D eigenvalue weighted by Crippen LogP contribution is 2.43. The highest BCUT2D eigenvalue weighted by Gasteiger charge is 2.18. The molecule has 0 aliphatic rings. The first-order valence-corrected chi connectivity index (χ1v) is 12.7. The van der Waals surface area contributed by atoms with Crippen LogP contribution in [0.15, 0.2) is 152 Å². The summed E-state index contributed by atoms with van der Waals surface area (Å²) >= 11 is 0. The molecule has 0 aliphatic carbocycles. The lowest BCUT2D eigenvalue weighted by atomic mass is 9.90. The normalized spacial score (nSPS) is 11.2. The zero-order valence-corrected chi connectivity index (χ0v) is 20.4. The quantitative estimate of drug-likeness (QED) is 0.231. The van der Waals surface area contributed by atoms with Crippen LogP contribution in [0.2, 0.25) is 0 Å². The third-order valence-electron chi connectivity index (χ3n) is 7.23. The Hall–Kier alpha value is -4.88. The molecule has 0 bridgehead atoms. The molecule has 7 aromatic carbocycles. The highest BCUT2D eigenvalue weighted by atomic mass is 15.1. The fourth-order valence-electron chi connectivity index (χ4n) is 5.57. The average molecular weight is 472 g/mol. The number of hydrogen-bond acceptors (Lipinski definition) is 1. The van der Waals surface area contributed by atoms with Gasteiger partial charge in [0.05, 0.1) is 5.69 Å². The smallest absolute Gasteiger partial charge is 0.0540 e. The minimum absolute atomic E-state index is 1.14. The summed E-state index contributed by atoms with van der Waals surface area (Å²) in [5, 5.41) is 7.60. The van der Waals surface area contributed by atoms with E-state index in [0.29, 0.717) is 0 Å². The fraction of sp³-hybridized carbons (Fsp3) is 0. The zero-order chi connectivity index (χ0) is 24.6. The van der Waals surface area contributed by atoms with Gasteiger partial charge in [-0.3, -0.25) is 0 Å². The van der Waals surface area contributed by atoms with Gasteiger partial charge in [0.2, 0.25) is 0 Å². The maximum atomic E-state index is 2.35. The van der Waals surface area contributed by atoms with Gasteiger partial charge in [-0.1, -0.05) is 115 Å². The molecule has 7 rings (SSSR count). The topological polar surface area (TPSA) is 3.24 Å². The number of nitrogens with zero attached hydrogens (tertiary/aromatic N) is 1. The second kappa shape index (κ2) is 8.96. The first-order valence-electron chi connectivity index (χ1n) is 12.7. The molecule has 0 spiro atoms. The first-order chi connectivity index (χ1) is 18.4. The molecule has 7 aromatic rings. The van der Waals surface area contributed by atoms with Gasteiger partial charge in [0.15, 0.2) is 0 Å². The predicted octanol–water partition coefficient (Wildman–Crippen LogP) is 10.3. The van der Waals surface area contributed by atoms with Crippen LogP contribution in [0.5, 0.6) is 0 Å². The molecule has 1 nitrogen and oxygen atoms in total. The first kappa shape index (κ1) is 21.4. The van der Waals surface area contributed by atoms with E-state index in [1.165, 1.54) is 49.1 Å². The van der Waals surface area contributed by atoms with Crippen molar-refractivity contribution in [3.63, 3.8) is 0 Å². The Morgan fingerprint density at radius 2 is 0.811 bits per heavy atom. The van der Waals surface area contributed by atoms with Crippen LogP contribution < -0.4 is 4.90 Å². The number of anilines is 3. The Morgan fingerprint density at radius 1 is 0.324 bits per heavy atom. The molecule has 1 heteroatoms. The number of hydrogen-bond donors (Lipinski definition) is 0. The molecule has 37 heavy (non-hydrogen) atoms. The van der Waals surface area contributed by atoms with E-state index in [0.717, 1.165) is 11.4 Å². The van der Waals surface area contributed by atoms with Crippen LogP contribution in [-0.2, 0) is 0 Å². The summed E-state index contributed by atoms with van der Waals surface area (Å²) in [5.74, 6) is 0. The number of benzene rings is 7. The summed E-state index contributed by atoms with van der Waals surface area (Å²) in [6, 6.07) is 54.4. The minimum atomic E-state index is 1.14. The van der Waals surface area contributed by atoms with Gasteiger partial charge in [-0.25, -0.2) is 0 Å². The fourth-order valence-corrected chi connectivity index (χ4v) is 5.57. The standard InChI is InChI=1S/C36H25N/c1-3-14-27(15-4-1)37(28-16-5-2-6-17-28)36-24-23-33(31-20-11-12-22-34(31)36)35-25-26-13-7-8-18-29(26)30-19-9-10-21-32(30)35/h1-25H. The third-order valence-corrected chi connectivity index (χ3v) is 7.23. The van der Waals surface area contributed by atoms with E-state index in [1.54, 1.807) is 0 Å². The molecule has 0 fully saturated rings. The summed E-state index contributed by atoms with van der Waals surface area (Å²) < 4.78 is 0. The van der Waals surface area contributed by atoms with E-state index >= 15 is 0 Å². The van der Waals surface area contributed by atoms with Crippen LogP contribution in [-0.4, -0.2) is 0 Å². The van der Waals surface area contributed by atoms with Crippen molar-refractivity contribution in [3.8, 4) is 11.1 Å². The van der Waals surface area contributed by atoms with Crippen LogP contribution in [0.3, 0.4) is 0 Å². The van der Waals surface area contributed by atoms with Crippen LogP contribution in [0.25, 0.3) is 43.4 Å². The molecule has 0 aromatic heterocycles. The predicted molar refractivity (Wildman–Crippen MR) is 159 cm³/mol. The van der Waals surface area contributed by atoms with Gasteiger partial charge in [-0.05, 0) is 74.5 Å². The maximum Gasteiger partial charge on any atom is 0.0540 e. The van der Waals surface area contributed by atoms with Crippen LogP contribution in [0.1, 0.15) is 0 Å². The molecule has 0 aliphatic heterocycles. The lowest BCUT2D eigenvalue weighted by molar-refractivity contribution is 1.30. The molecule has 174 valence electrons. The van der Waals surface area contributed by atoms with Crippen LogP contribution in [0.4, 0.5) is 17.1 Å². The Labute approximate surface area is 216 Å². The monoisotopic (exact) mass is 471 g/mol. The van der Waals surface area contributed by atoms with E-state index in [9.17, 15) is 0 Å². The van der Waals surface area contributed by atoms with Gasteiger partial charge >= 0.3 is 0 Å². The van der Waals surface area contributed by atoms with E-state index in [2.05, 4.69) is 157 Å². The molecule has 0 saturated carbocycles. The van der Waals surface area contributed by atoms with Gasteiger partial charge < -0.3 is 4.90 Å². The second-order valence-corrected chi connectivity index (χ2v) is 9.38.